The minimum absolute atomic E-state index is 0.444. The van der Waals surface area contributed by atoms with Crippen molar-refractivity contribution >= 4 is 0 Å². The molecule has 0 radical (unpaired) electrons. The van der Waals surface area contributed by atoms with E-state index in [9.17, 15) is 5.11 Å². The van der Waals surface area contributed by atoms with Gasteiger partial charge >= 0.3 is 0 Å². The van der Waals surface area contributed by atoms with Gasteiger partial charge in [0.1, 0.15) is 11.8 Å². The first-order valence-corrected chi connectivity index (χ1v) is 4.89. The smallest absolute Gasteiger partial charge is 0.140 e. The molecule has 4 heteroatoms. The third-order valence-corrected chi connectivity index (χ3v) is 2.47. The number of hydrogen-bond donors (Lipinski definition) is 1. The molecule has 2 heterocycles. The molecule has 0 saturated carbocycles. The van der Waals surface area contributed by atoms with E-state index in [-0.39, 0.29) is 0 Å². The number of nitriles is 1. The maximum Gasteiger partial charge on any atom is 0.140 e. The second kappa shape index (κ2) is 3.61. The van der Waals surface area contributed by atoms with Crippen LogP contribution in [0.3, 0.4) is 0 Å². The SMILES string of the molecule is CC1(O)CN(Cc2ccnc(C#N)c2)C1. The Balaban J connectivity index is 1.98. The molecule has 15 heavy (non-hydrogen) atoms. The quantitative estimate of drug-likeness (QED) is 0.761. The molecule has 0 bridgehead atoms. The molecule has 0 amide bonds. The van der Waals surface area contributed by atoms with Crippen LogP contribution in [-0.2, 0) is 6.54 Å². The molecule has 0 unspecified atom stereocenters. The highest BCUT2D eigenvalue weighted by Gasteiger charge is 2.35. The van der Waals surface area contributed by atoms with Crippen molar-refractivity contribution in [3.05, 3.63) is 29.6 Å². The van der Waals surface area contributed by atoms with Gasteiger partial charge in [0.2, 0.25) is 0 Å². The first-order valence-electron chi connectivity index (χ1n) is 4.89. The number of aliphatic hydroxyl groups is 1. The van der Waals surface area contributed by atoms with E-state index in [0.29, 0.717) is 18.8 Å². The summed E-state index contributed by atoms with van der Waals surface area (Å²) in [4.78, 5) is 6.04. The Bertz CT molecular complexity index is 401. The molecule has 1 aromatic rings. The van der Waals surface area contributed by atoms with Crippen LogP contribution < -0.4 is 0 Å². The number of pyridine rings is 1. The molecule has 78 valence electrons. The molecule has 1 fully saturated rings. The lowest BCUT2D eigenvalue weighted by Crippen LogP contribution is -2.59. The van der Waals surface area contributed by atoms with Crippen molar-refractivity contribution in [3.63, 3.8) is 0 Å². The summed E-state index contributed by atoms with van der Waals surface area (Å²) in [6.07, 6.45) is 1.64. The number of aromatic nitrogens is 1. The van der Waals surface area contributed by atoms with Gasteiger partial charge < -0.3 is 5.11 Å². The average Bonchev–Trinajstić information content (AvgIpc) is 2.15. The van der Waals surface area contributed by atoms with Crippen LogP contribution in [0.1, 0.15) is 18.2 Å². The molecule has 4 nitrogen and oxygen atoms in total. The predicted octanol–water partition coefficient (Wildman–Crippen LogP) is 0.520. The van der Waals surface area contributed by atoms with Crippen LogP contribution in [0.25, 0.3) is 0 Å². The van der Waals surface area contributed by atoms with Crippen molar-refractivity contribution < 1.29 is 5.11 Å². The van der Waals surface area contributed by atoms with E-state index in [1.807, 2.05) is 19.1 Å². The Kier molecular flexibility index (Phi) is 2.43. The van der Waals surface area contributed by atoms with Crippen molar-refractivity contribution in [2.24, 2.45) is 0 Å². The highest BCUT2D eigenvalue weighted by Crippen LogP contribution is 2.21. The molecule has 0 atom stereocenters. The zero-order valence-corrected chi connectivity index (χ0v) is 8.64. The number of likely N-dealkylation sites (tertiary alicyclic amines) is 1. The van der Waals surface area contributed by atoms with E-state index in [0.717, 1.165) is 12.1 Å². The van der Waals surface area contributed by atoms with E-state index in [1.165, 1.54) is 0 Å². The number of hydrogen-bond acceptors (Lipinski definition) is 4. The van der Waals surface area contributed by atoms with Crippen molar-refractivity contribution in [2.45, 2.75) is 19.1 Å². The monoisotopic (exact) mass is 203 g/mol. The number of nitrogens with zero attached hydrogens (tertiary/aromatic N) is 3. The lowest BCUT2D eigenvalue weighted by atomic mass is 9.96. The first-order chi connectivity index (χ1) is 7.09. The second-order valence-electron chi connectivity index (χ2n) is 4.30. The molecule has 1 saturated heterocycles. The van der Waals surface area contributed by atoms with Crippen molar-refractivity contribution in [1.29, 1.82) is 5.26 Å². The van der Waals surface area contributed by atoms with Gasteiger partial charge in [-0.05, 0) is 24.6 Å². The third kappa shape index (κ3) is 2.32. The van der Waals surface area contributed by atoms with Gasteiger partial charge in [0.15, 0.2) is 0 Å². The summed E-state index contributed by atoms with van der Waals surface area (Å²) >= 11 is 0. The summed E-state index contributed by atoms with van der Waals surface area (Å²) in [5.74, 6) is 0. The molecule has 1 N–H and O–H groups in total. The van der Waals surface area contributed by atoms with Gasteiger partial charge in [-0.25, -0.2) is 4.98 Å². The Labute approximate surface area is 88.8 Å². The summed E-state index contributed by atoms with van der Waals surface area (Å²) in [7, 11) is 0. The number of rotatable bonds is 2. The molecule has 1 aliphatic rings. The molecular formula is C11H13N3O. The summed E-state index contributed by atoms with van der Waals surface area (Å²) in [6.45, 7) is 3.98. The summed E-state index contributed by atoms with van der Waals surface area (Å²) in [5.41, 5.74) is 0.974. The standard InChI is InChI=1S/C11H13N3O/c1-11(15)7-14(8-11)6-9-2-3-13-10(4-9)5-12/h2-4,15H,6-8H2,1H3. The van der Waals surface area contributed by atoms with Crippen LogP contribution in [0, 0.1) is 11.3 Å². The van der Waals surface area contributed by atoms with Gasteiger partial charge in [0.05, 0.1) is 5.60 Å². The first kappa shape index (κ1) is 10.1. The molecule has 2 rings (SSSR count). The van der Waals surface area contributed by atoms with E-state index in [4.69, 9.17) is 5.26 Å². The highest BCUT2D eigenvalue weighted by molar-refractivity contribution is 5.25. The van der Waals surface area contributed by atoms with Crippen LogP contribution in [-0.4, -0.2) is 33.7 Å². The Morgan fingerprint density at radius 1 is 1.67 bits per heavy atom. The topological polar surface area (TPSA) is 60.1 Å². The van der Waals surface area contributed by atoms with Gasteiger partial charge in [-0.2, -0.15) is 5.26 Å². The normalized spacial score (nSPS) is 19.3. The minimum Gasteiger partial charge on any atom is -0.388 e. The fourth-order valence-electron chi connectivity index (χ4n) is 1.92. The van der Waals surface area contributed by atoms with E-state index >= 15 is 0 Å². The van der Waals surface area contributed by atoms with Crippen molar-refractivity contribution in [2.75, 3.05) is 13.1 Å². The Hall–Kier alpha value is -1.44. The molecule has 0 aromatic carbocycles. The fraction of sp³-hybridized carbons (Fsp3) is 0.455. The minimum atomic E-state index is -0.537. The predicted molar refractivity (Wildman–Crippen MR) is 54.9 cm³/mol. The molecule has 1 aromatic heterocycles. The lowest BCUT2D eigenvalue weighted by molar-refractivity contribution is -0.0871. The lowest BCUT2D eigenvalue weighted by Gasteiger charge is -2.44. The van der Waals surface area contributed by atoms with E-state index < -0.39 is 5.60 Å². The zero-order valence-electron chi connectivity index (χ0n) is 8.64. The van der Waals surface area contributed by atoms with E-state index in [2.05, 4.69) is 9.88 Å². The van der Waals surface area contributed by atoms with Crippen LogP contribution in [0.4, 0.5) is 0 Å². The molecule has 0 spiro atoms. The largest absolute Gasteiger partial charge is 0.388 e. The van der Waals surface area contributed by atoms with Crippen LogP contribution in [0.2, 0.25) is 0 Å². The van der Waals surface area contributed by atoms with E-state index in [1.54, 1.807) is 12.3 Å². The van der Waals surface area contributed by atoms with Crippen molar-refractivity contribution in [3.8, 4) is 6.07 Å². The zero-order chi connectivity index (χ0) is 10.9. The maximum atomic E-state index is 9.56. The van der Waals surface area contributed by atoms with Gasteiger partial charge in [-0.15, -0.1) is 0 Å². The highest BCUT2D eigenvalue weighted by atomic mass is 16.3. The maximum absolute atomic E-state index is 9.56. The number of β-amino-alcohol motifs (C(OH)–C–C–N with tert-alkyl or cyclic N) is 1. The molecule has 0 aliphatic carbocycles. The fourth-order valence-corrected chi connectivity index (χ4v) is 1.92. The van der Waals surface area contributed by atoms with Crippen LogP contribution in [0.5, 0.6) is 0 Å². The third-order valence-electron chi connectivity index (χ3n) is 2.47. The summed E-state index contributed by atoms with van der Waals surface area (Å²) < 4.78 is 0. The van der Waals surface area contributed by atoms with Gasteiger partial charge in [0.25, 0.3) is 0 Å². The molecular weight excluding hydrogens is 190 g/mol. The van der Waals surface area contributed by atoms with Crippen LogP contribution >= 0.6 is 0 Å². The Morgan fingerprint density at radius 3 is 3.00 bits per heavy atom. The van der Waals surface area contributed by atoms with Gasteiger partial charge in [-0.3, -0.25) is 4.90 Å². The molecule has 1 aliphatic heterocycles. The average molecular weight is 203 g/mol. The van der Waals surface area contributed by atoms with Gasteiger partial charge in [-0.1, -0.05) is 0 Å². The second-order valence-corrected chi connectivity index (χ2v) is 4.30. The summed E-state index contributed by atoms with van der Waals surface area (Å²) in [6, 6.07) is 5.70. The summed E-state index contributed by atoms with van der Waals surface area (Å²) in [5, 5.41) is 18.2. The van der Waals surface area contributed by atoms with Crippen molar-refractivity contribution in [1.82, 2.24) is 9.88 Å². The Morgan fingerprint density at radius 2 is 2.40 bits per heavy atom. The van der Waals surface area contributed by atoms with Crippen LogP contribution in [0.15, 0.2) is 18.3 Å². The van der Waals surface area contributed by atoms with Gasteiger partial charge in [0, 0.05) is 25.8 Å².